The van der Waals surface area contributed by atoms with Crippen LogP contribution in [0, 0.1) is 5.82 Å². The molecule has 21 heavy (non-hydrogen) atoms. The van der Waals surface area contributed by atoms with Gasteiger partial charge in [-0.25, -0.2) is 22.3 Å². The molecule has 0 saturated heterocycles. The highest BCUT2D eigenvalue weighted by atomic mass is 79.9. The van der Waals surface area contributed by atoms with Gasteiger partial charge in [0, 0.05) is 10.0 Å². The van der Waals surface area contributed by atoms with Crippen molar-refractivity contribution in [3.05, 3.63) is 28.0 Å². The summed E-state index contributed by atoms with van der Waals surface area (Å²) in [4.78, 5) is 10.3. The van der Waals surface area contributed by atoms with Gasteiger partial charge in [-0.3, -0.25) is 0 Å². The fraction of sp³-hybridized carbons (Fsp3) is 0.462. The molecule has 0 fully saturated rings. The third-order valence-corrected chi connectivity index (χ3v) is 4.96. The summed E-state index contributed by atoms with van der Waals surface area (Å²) in [5.74, 6) is -2.80. The van der Waals surface area contributed by atoms with Gasteiger partial charge in [0.2, 0.25) is 10.0 Å². The van der Waals surface area contributed by atoms with Crippen molar-refractivity contribution in [2.24, 2.45) is 0 Å². The van der Waals surface area contributed by atoms with E-state index in [2.05, 4.69) is 20.7 Å². The summed E-state index contributed by atoms with van der Waals surface area (Å²) in [6, 6.07) is 2.07. The van der Waals surface area contributed by atoms with Gasteiger partial charge in [-0.2, -0.15) is 0 Å². The predicted octanol–water partition coefficient (Wildman–Crippen LogP) is 3.14. The van der Waals surface area contributed by atoms with Gasteiger partial charge in [-0.1, -0.05) is 29.3 Å². The van der Waals surface area contributed by atoms with Gasteiger partial charge < -0.3 is 5.11 Å². The standard InChI is InChI=1S/C13H17BrFNO4S/c1-4-5-13(2,3)16-21(19,20)10-7-8(14)6-9(11(10)15)12(17)18/h6-7,16H,4-5H2,1-3H3,(H,17,18). The maximum absolute atomic E-state index is 14.1. The van der Waals surface area contributed by atoms with Gasteiger partial charge in [0.05, 0.1) is 5.56 Å². The molecule has 0 radical (unpaired) electrons. The number of nitrogens with one attached hydrogen (secondary N) is 1. The Morgan fingerprint density at radius 1 is 1.43 bits per heavy atom. The van der Waals surface area contributed by atoms with E-state index in [1.807, 2.05) is 6.92 Å². The second kappa shape index (κ2) is 6.41. The summed E-state index contributed by atoms with van der Waals surface area (Å²) in [5.41, 5.74) is -1.45. The number of benzene rings is 1. The van der Waals surface area contributed by atoms with E-state index < -0.39 is 37.8 Å². The van der Waals surface area contributed by atoms with Crippen molar-refractivity contribution in [1.82, 2.24) is 4.72 Å². The normalized spacial score (nSPS) is 12.4. The Morgan fingerprint density at radius 2 is 2.00 bits per heavy atom. The summed E-state index contributed by atoms with van der Waals surface area (Å²) in [7, 11) is -4.17. The molecule has 0 aliphatic carbocycles. The Morgan fingerprint density at radius 3 is 2.48 bits per heavy atom. The van der Waals surface area contributed by atoms with Crippen LogP contribution in [0.1, 0.15) is 44.0 Å². The predicted molar refractivity (Wildman–Crippen MR) is 80.4 cm³/mol. The summed E-state index contributed by atoms with van der Waals surface area (Å²) >= 11 is 3.00. The maximum Gasteiger partial charge on any atom is 0.338 e. The highest BCUT2D eigenvalue weighted by molar-refractivity contribution is 9.10. The largest absolute Gasteiger partial charge is 0.478 e. The van der Waals surface area contributed by atoms with E-state index in [0.29, 0.717) is 6.42 Å². The van der Waals surface area contributed by atoms with Crippen molar-refractivity contribution < 1.29 is 22.7 Å². The Labute approximate surface area is 131 Å². The van der Waals surface area contributed by atoms with Gasteiger partial charge in [0.25, 0.3) is 0 Å². The fourth-order valence-electron chi connectivity index (χ4n) is 2.01. The molecule has 0 aromatic heterocycles. The number of hydrogen-bond acceptors (Lipinski definition) is 3. The molecule has 1 rings (SSSR count). The lowest BCUT2D eigenvalue weighted by atomic mass is 10.0. The Balaban J connectivity index is 3.36. The van der Waals surface area contributed by atoms with Gasteiger partial charge in [-0.15, -0.1) is 0 Å². The van der Waals surface area contributed by atoms with Crippen molar-refractivity contribution in [3.63, 3.8) is 0 Å². The highest BCUT2D eigenvalue weighted by Gasteiger charge is 2.30. The second-order valence-corrected chi connectivity index (χ2v) is 7.88. The smallest absolute Gasteiger partial charge is 0.338 e. The van der Waals surface area contributed by atoms with Crippen molar-refractivity contribution in [1.29, 1.82) is 0 Å². The molecule has 0 atom stereocenters. The van der Waals surface area contributed by atoms with Crippen LogP contribution in [0.15, 0.2) is 21.5 Å². The fourth-order valence-corrected chi connectivity index (χ4v) is 4.19. The van der Waals surface area contributed by atoms with E-state index in [9.17, 15) is 17.6 Å². The number of carbonyl (C=O) groups is 1. The van der Waals surface area contributed by atoms with Crippen LogP contribution in [0.2, 0.25) is 0 Å². The first-order chi connectivity index (χ1) is 9.50. The van der Waals surface area contributed by atoms with Crippen molar-refractivity contribution in [2.75, 3.05) is 0 Å². The second-order valence-electron chi connectivity index (χ2n) is 5.31. The van der Waals surface area contributed by atoms with Crippen LogP contribution in [0.4, 0.5) is 4.39 Å². The van der Waals surface area contributed by atoms with Gasteiger partial charge in [-0.05, 0) is 32.4 Å². The van der Waals surface area contributed by atoms with E-state index in [1.54, 1.807) is 13.8 Å². The average molecular weight is 382 g/mol. The van der Waals surface area contributed by atoms with Crippen molar-refractivity contribution in [2.45, 2.75) is 44.0 Å². The molecule has 0 aliphatic heterocycles. The number of sulfonamides is 1. The van der Waals surface area contributed by atoms with Crippen LogP contribution in [-0.2, 0) is 10.0 Å². The van der Waals surface area contributed by atoms with E-state index in [0.717, 1.165) is 18.6 Å². The van der Waals surface area contributed by atoms with E-state index in [1.165, 1.54) is 0 Å². The number of rotatable bonds is 6. The minimum Gasteiger partial charge on any atom is -0.478 e. The number of hydrogen-bond donors (Lipinski definition) is 2. The molecule has 1 aromatic carbocycles. The van der Waals surface area contributed by atoms with Gasteiger partial charge >= 0.3 is 5.97 Å². The SMILES string of the molecule is CCCC(C)(C)NS(=O)(=O)c1cc(Br)cc(C(=O)O)c1F. The molecule has 5 nitrogen and oxygen atoms in total. The molecule has 0 bridgehead atoms. The molecule has 2 N–H and O–H groups in total. The summed E-state index contributed by atoms with van der Waals surface area (Å²) in [5, 5.41) is 8.92. The summed E-state index contributed by atoms with van der Waals surface area (Å²) < 4.78 is 41.3. The topological polar surface area (TPSA) is 83.5 Å². The third kappa shape index (κ3) is 4.49. The monoisotopic (exact) mass is 381 g/mol. The Hall–Kier alpha value is -0.990. The van der Waals surface area contributed by atoms with E-state index >= 15 is 0 Å². The van der Waals surface area contributed by atoms with Crippen LogP contribution in [0.3, 0.4) is 0 Å². The van der Waals surface area contributed by atoms with E-state index in [4.69, 9.17) is 5.11 Å². The summed E-state index contributed by atoms with van der Waals surface area (Å²) in [6.07, 6.45) is 1.31. The van der Waals surface area contributed by atoms with Crippen LogP contribution in [0.5, 0.6) is 0 Å². The molecule has 8 heteroatoms. The quantitative estimate of drug-likeness (QED) is 0.792. The number of carboxylic acid groups (broad SMARTS) is 1. The van der Waals surface area contributed by atoms with Crippen LogP contribution in [-0.4, -0.2) is 25.0 Å². The highest BCUT2D eigenvalue weighted by Crippen LogP contribution is 2.26. The molecular weight excluding hydrogens is 365 g/mol. The van der Waals surface area contributed by atoms with E-state index in [-0.39, 0.29) is 4.47 Å². The molecule has 1 aromatic rings. The molecule has 0 unspecified atom stereocenters. The zero-order chi connectivity index (χ0) is 16.4. The Bertz CT molecular complexity index is 658. The average Bonchev–Trinajstić information content (AvgIpc) is 2.29. The lowest BCUT2D eigenvalue weighted by Gasteiger charge is -2.25. The summed E-state index contributed by atoms with van der Waals surface area (Å²) in [6.45, 7) is 5.27. The number of halogens is 2. The molecule has 0 heterocycles. The zero-order valence-corrected chi connectivity index (χ0v) is 14.3. The van der Waals surface area contributed by atoms with Crippen molar-refractivity contribution in [3.8, 4) is 0 Å². The maximum atomic E-state index is 14.1. The molecule has 0 amide bonds. The number of carboxylic acids is 1. The zero-order valence-electron chi connectivity index (χ0n) is 11.9. The molecule has 0 spiro atoms. The molecule has 0 aliphatic rings. The first kappa shape index (κ1) is 18.1. The van der Waals surface area contributed by atoms with Crippen LogP contribution in [0.25, 0.3) is 0 Å². The lowest BCUT2D eigenvalue weighted by Crippen LogP contribution is -2.43. The molecule has 0 saturated carbocycles. The number of aromatic carboxylic acids is 1. The van der Waals surface area contributed by atoms with Crippen molar-refractivity contribution >= 4 is 31.9 Å². The molecule has 118 valence electrons. The third-order valence-electron chi connectivity index (χ3n) is 2.81. The Kier molecular flexibility index (Phi) is 5.51. The minimum atomic E-state index is -4.17. The van der Waals surface area contributed by atoms with Gasteiger partial charge in [0.1, 0.15) is 4.90 Å². The first-order valence-electron chi connectivity index (χ1n) is 6.26. The first-order valence-corrected chi connectivity index (χ1v) is 8.54. The van der Waals surface area contributed by atoms with Gasteiger partial charge in [0.15, 0.2) is 5.82 Å². The van der Waals surface area contributed by atoms with Crippen LogP contribution < -0.4 is 4.72 Å². The minimum absolute atomic E-state index is 0.176. The molecular formula is C13H17BrFNO4S. The van der Waals surface area contributed by atoms with Crippen LogP contribution >= 0.6 is 15.9 Å². The lowest BCUT2D eigenvalue weighted by molar-refractivity contribution is 0.0691.